The van der Waals surface area contributed by atoms with Gasteiger partial charge in [0.15, 0.2) is 0 Å². The lowest BCUT2D eigenvalue weighted by Crippen LogP contribution is -1.93. The van der Waals surface area contributed by atoms with E-state index < -0.39 is 0 Å². The van der Waals surface area contributed by atoms with E-state index in [9.17, 15) is 0 Å². The molecule has 0 radical (unpaired) electrons. The second-order valence-electron chi connectivity index (χ2n) is 11.8. The highest BCUT2D eigenvalue weighted by molar-refractivity contribution is 6.22. The third-order valence-corrected chi connectivity index (χ3v) is 9.07. The molecule has 0 amide bonds. The molecule has 0 aliphatic rings. The molecule has 0 fully saturated rings. The Kier molecular flexibility index (Phi) is 6.17. The van der Waals surface area contributed by atoms with Gasteiger partial charge in [-0.05, 0) is 108 Å². The van der Waals surface area contributed by atoms with Gasteiger partial charge in [-0.2, -0.15) is 0 Å². The molecule has 0 saturated carbocycles. The molecule has 46 heavy (non-hydrogen) atoms. The molecule has 0 aliphatic carbocycles. The highest BCUT2D eigenvalue weighted by Gasteiger charge is 2.18. The average Bonchev–Trinajstić information content (AvgIpc) is 3.13. The number of hydrogen-bond donors (Lipinski definition) is 0. The van der Waals surface area contributed by atoms with Gasteiger partial charge in [0.2, 0.25) is 0 Å². The van der Waals surface area contributed by atoms with Crippen LogP contribution in [0.2, 0.25) is 0 Å². The molecular weight excluding hydrogens is 556 g/mol. The predicted molar refractivity (Wildman–Crippen MR) is 194 cm³/mol. The van der Waals surface area contributed by atoms with E-state index in [4.69, 9.17) is 4.98 Å². The lowest BCUT2D eigenvalue weighted by atomic mass is 9.84. The second kappa shape index (κ2) is 10.8. The Morgan fingerprint density at radius 2 is 0.826 bits per heavy atom. The molecule has 0 aliphatic heterocycles. The number of nitrogens with zero attached hydrogens (tertiary/aromatic N) is 2. The van der Waals surface area contributed by atoms with Gasteiger partial charge in [0, 0.05) is 11.8 Å². The Morgan fingerprint density at radius 1 is 0.304 bits per heavy atom. The minimum atomic E-state index is 0.864. The van der Waals surface area contributed by atoms with Crippen molar-refractivity contribution in [3.63, 3.8) is 0 Å². The van der Waals surface area contributed by atoms with Crippen LogP contribution in [0, 0.1) is 0 Å². The van der Waals surface area contributed by atoms with Gasteiger partial charge in [-0.25, -0.2) is 4.98 Å². The Labute approximate surface area is 267 Å². The summed E-state index contributed by atoms with van der Waals surface area (Å²) in [6.45, 7) is 0. The molecule has 0 unspecified atom stereocenters. The number of rotatable bonds is 4. The van der Waals surface area contributed by atoms with Crippen molar-refractivity contribution in [2.75, 3.05) is 0 Å². The van der Waals surface area contributed by atoms with Crippen molar-refractivity contribution in [1.29, 1.82) is 0 Å². The molecule has 0 bridgehead atoms. The molecule has 0 N–H and O–H groups in total. The topological polar surface area (TPSA) is 25.8 Å². The first kappa shape index (κ1) is 26.3. The van der Waals surface area contributed by atoms with Crippen molar-refractivity contribution in [2.45, 2.75) is 0 Å². The van der Waals surface area contributed by atoms with Gasteiger partial charge in [-0.1, -0.05) is 121 Å². The SMILES string of the molecule is c1ccc(-c2cccc(-c3ccc4c(-c5ccc6ccccc6c5)c5ccccc5c(-c5ccc6ccccc6c5)c4c3)n2)nc1. The Hall–Kier alpha value is -6.12. The van der Waals surface area contributed by atoms with Crippen LogP contribution in [-0.4, -0.2) is 9.97 Å². The van der Waals surface area contributed by atoms with Crippen LogP contribution in [0.25, 0.3) is 88.0 Å². The Balaban J connectivity index is 1.36. The molecule has 2 heterocycles. The van der Waals surface area contributed by atoms with Crippen LogP contribution < -0.4 is 0 Å². The molecule has 2 heteroatoms. The summed E-state index contributed by atoms with van der Waals surface area (Å²) >= 11 is 0. The molecule has 7 aromatic carbocycles. The number of hydrogen-bond acceptors (Lipinski definition) is 2. The third-order valence-electron chi connectivity index (χ3n) is 9.07. The zero-order valence-corrected chi connectivity index (χ0v) is 25.1. The van der Waals surface area contributed by atoms with Crippen LogP contribution in [0.3, 0.4) is 0 Å². The van der Waals surface area contributed by atoms with E-state index in [1.807, 2.05) is 30.5 Å². The summed E-state index contributed by atoms with van der Waals surface area (Å²) in [7, 11) is 0. The Morgan fingerprint density at radius 3 is 1.48 bits per heavy atom. The maximum Gasteiger partial charge on any atom is 0.0893 e. The third kappa shape index (κ3) is 4.43. The van der Waals surface area contributed by atoms with E-state index in [0.29, 0.717) is 0 Å². The average molecular weight is 585 g/mol. The summed E-state index contributed by atoms with van der Waals surface area (Å²) in [5.41, 5.74) is 8.65. The molecule has 0 spiro atoms. The van der Waals surface area contributed by atoms with E-state index >= 15 is 0 Å². The van der Waals surface area contributed by atoms with Crippen molar-refractivity contribution in [3.8, 4) is 44.9 Å². The first-order valence-corrected chi connectivity index (χ1v) is 15.7. The summed E-state index contributed by atoms with van der Waals surface area (Å²) in [5.74, 6) is 0. The fraction of sp³-hybridized carbons (Fsp3) is 0. The van der Waals surface area contributed by atoms with Gasteiger partial charge >= 0.3 is 0 Å². The van der Waals surface area contributed by atoms with Crippen LogP contribution in [0.1, 0.15) is 0 Å². The van der Waals surface area contributed by atoms with Gasteiger partial charge in [-0.3, -0.25) is 4.98 Å². The molecule has 0 atom stereocenters. The fourth-order valence-corrected chi connectivity index (χ4v) is 6.90. The highest BCUT2D eigenvalue weighted by Crippen LogP contribution is 2.45. The maximum atomic E-state index is 5.08. The van der Waals surface area contributed by atoms with Crippen molar-refractivity contribution in [1.82, 2.24) is 9.97 Å². The number of pyridine rings is 2. The molecule has 9 rings (SSSR count). The summed E-state index contributed by atoms with van der Waals surface area (Å²) < 4.78 is 0. The van der Waals surface area contributed by atoms with Gasteiger partial charge in [0.1, 0.15) is 0 Å². The van der Waals surface area contributed by atoms with Crippen molar-refractivity contribution < 1.29 is 0 Å². The first-order valence-electron chi connectivity index (χ1n) is 15.7. The van der Waals surface area contributed by atoms with Crippen molar-refractivity contribution in [3.05, 3.63) is 170 Å². The number of benzene rings is 7. The van der Waals surface area contributed by atoms with E-state index in [2.05, 4.69) is 145 Å². The van der Waals surface area contributed by atoms with Crippen molar-refractivity contribution in [2.24, 2.45) is 0 Å². The maximum absolute atomic E-state index is 5.08. The number of aromatic nitrogens is 2. The zero-order valence-electron chi connectivity index (χ0n) is 25.1. The van der Waals surface area contributed by atoms with Crippen LogP contribution in [-0.2, 0) is 0 Å². The van der Waals surface area contributed by atoms with E-state index in [-0.39, 0.29) is 0 Å². The van der Waals surface area contributed by atoms with Gasteiger partial charge in [-0.15, -0.1) is 0 Å². The summed E-state index contributed by atoms with van der Waals surface area (Å²) in [6, 6.07) is 58.7. The van der Waals surface area contributed by atoms with Crippen LogP contribution in [0.15, 0.2) is 170 Å². The molecular formula is C44H28N2. The first-order chi connectivity index (χ1) is 22.8. The minimum absolute atomic E-state index is 0.864. The van der Waals surface area contributed by atoms with E-state index in [1.54, 1.807) is 0 Å². The highest BCUT2D eigenvalue weighted by atomic mass is 14.8. The lowest BCUT2D eigenvalue weighted by Gasteiger charge is -2.19. The van der Waals surface area contributed by atoms with Crippen LogP contribution >= 0.6 is 0 Å². The lowest BCUT2D eigenvalue weighted by molar-refractivity contribution is 1.25. The Bertz CT molecular complexity index is 2580. The quantitative estimate of drug-likeness (QED) is 0.192. The van der Waals surface area contributed by atoms with Gasteiger partial charge in [0.05, 0.1) is 17.1 Å². The molecule has 9 aromatic rings. The molecule has 214 valence electrons. The summed E-state index contributed by atoms with van der Waals surface area (Å²) in [5, 5.41) is 9.87. The second-order valence-corrected chi connectivity index (χ2v) is 11.8. The molecule has 2 nitrogen and oxygen atoms in total. The summed E-state index contributed by atoms with van der Waals surface area (Å²) in [4.78, 5) is 9.63. The standard InChI is InChI=1S/C44H28N2/c1-3-12-31-26-34(21-19-29(31)10-1)43-36-14-5-6-15-37(36)44(35-22-20-30-11-2-4-13-32(30)27-35)39-28-33(23-24-38(39)43)40-17-9-18-42(46-40)41-16-7-8-25-45-41/h1-28H. The van der Waals surface area contributed by atoms with E-state index in [1.165, 1.54) is 65.3 Å². The minimum Gasteiger partial charge on any atom is -0.255 e. The number of fused-ring (bicyclic) bond motifs is 4. The van der Waals surface area contributed by atoms with Crippen LogP contribution in [0.4, 0.5) is 0 Å². The fourth-order valence-electron chi connectivity index (χ4n) is 6.90. The smallest absolute Gasteiger partial charge is 0.0893 e. The zero-order chi connectivity index (χ0) is 30.5. The molecule has 0 saturated heterocycles. The van der Waals surface area contributed by atoms with Gasteiger partial charge < -0.3 is 0 Å². The molecule has 2 aromatic heterocycles. The monoisotopic (exact) mass is 584 g/mol. The predicted octanol–water partition coefficient (Wildman–Crippen LogP) is 11.8. The van der Waals surface area contributed by atoms with Gasteiger partial charge in [0.25, 0.3) is 0 Å². The summed E-state index contributed by atoms with van der Waals surface area (Å²) in [6.07, 6.45) is 1.81. The van der Waals surface area contributed by atoms with Crippen LogP contribution in [0.5, 0.6) is 0 Å². The largest absolute Gasteiger partial charge is 0.255 e. The normalized spacial score (nSPS) is 11.5. The van der Waals surface area contributed by atoms with Crippen molar-refractivity contribution >= 4 is 43.1 Å². The van der Waals surface area contributed by atoms with E-state index in [0.717, 1.165) is 22.6 Å².